The number of nitrogens with zero attached hydrogens (tertiary/aromatic N) is 1. The number of aliphatic hydroxyl groups is 1. The molecule has 0 bridgehead atoms. The highest BCUT2D eigenvalue weighted by molar-refractivity contribution is 7.09. The molecule has 1 unspecified atom stereocenters. The molecule has 1 aromatic heterocycles. The van der Waals surface area contributed by atoms with Gasteiger partial charge in [0.15, 0.2) is 0 Å². The molecule has 12 heteroatoms. The van der Waals surface area contributed by atoms with Crippen molar-refractivity contribution in [1.29, 1.82) is 0 Å². The van der Waals surface area contributed by atoms with Gasteiger partial charge >= 0.3 is 6.09 Å². The number of fused-ring (bicyclic) bond motifs is 1. The summed E-state index contributed by atoms with van der Waals surface area (Å²) in [5.41, 5.74) is 3.44. The Morgan fingerprint density at radius 1 is 0.733 bits per heavy atom. The van der Waals surface area contributed by atoms with E-state index in [2.05, 4.69) is 26.2 Å². The predicted octanol–water partition coefficient (Wildman–Crippen LogP) is 7.37. The van der Waals surface area contributed by atoms with Crippen molar-refractivity contribution in [2.75, 3.05) is 18.4 Å². The van der Waals surface area contributed by atoms with Crippen LogP contribution >= 0.6 is 11.3 Å². The minimum absolute atomic E-state index is 0.0153. The molecule has 1 saturated heterocycles. The maximum atomic E-state index is 14.3. The summed E-state index contributed by atoms with van der Waals surface area (Å²) in [5, 5.41) is 26.8. The van der Waals surface area contributed by atoms with E-state index in [9.17, 15) is 24.3 Å². The molecule has 60 heavy (non-hydrogen) atoms. The van der Waals surface area contributed by atoms with Crippen LogP contribution in [0.15, 0.2) is 115 Å². The van der Waals surface area contributed by atoms with Crippen molar-refractivity contribution in [3.63, 3.8) is 0 Å². The number of rotatable bonds is 19. The standard InChI is InChI=1S/C48H57N5O6S/c1-33(2)27-41(44(54)30-45(55)49-38-22-20-34(21-23-38)31-53-24-9-4-10-25-53)50-47(57)43(29-39-18-12-26-60-39)51-46(56)42(52-48(58)59-32-35-13-5-3-6-14-35)28-37-17-11-16-36-15-7-8-19-40(36)37/h3,5-8,11-23,26,33,41-44,54H,4,9-10,24-25,27-32H2,1-2H3,(H,49,55)(H,50,57)(H,51,56)(H,52,58)/t41-,42-,43?,44-/m0/s1. The maximum Gasteiger partial charge on any atom is 0.408 e. The molecule has 316 valence electrons. The molecule has 6 rings (SSSR count). The second-order valence-electron chi connectivity index (χ2n) is 16.0. The molecule has 1 aliphatic rings. The van der Waals surface area contributed by atoms with Gasteiger partial charge in [0.05, 0.1) is 18.6 Å². The molecule has 0 spiro atoms. The Balaban J connectivity index is 1.14. The topological polar surface area (TPSA) is 149 Å². The third kappa shape index (κ3) is 13.5. The first-order valence-corrected chi connectivity index (χ1v) is 21.8. The number of ether oxygens (including phenoxy) is 1. The van der Waals surface area contributed by atoms with Gasteiger partial charge in [0, 0.05) is 30.0 Å². The van der Waals surface area contributed by atoms with Crippen molar-refractivity contribution in [2.24, 2.45) is 5.92 Å². The fraction of sp³-hybridized carbons (Fsp3) is 0.375. The molecular weight excluding hydrogens is 775 g/mol. The number of thiophene rings is 1. The average Bonchev–Trinajstić information content (AvgIpc) is 3.77. The molecule has 11 nitrogen and oxygen atoms in total. The summed E-state index contributed by atoms with van der Waals surface area (Å²) in [6.45, 7) is 7.04. The molecule has 0 saturated carbocycles. The zero-order chi connectivity index (χ0) is 42.3. The monoisotopic (exact) mass is 831 g/mol. The summed E-state index contributed by atoms with van der Waals surface area (Å²) >= 11 is 1.45. The van der Waals surface area contributed by atoms with Crippen molar-refractivity contribution in [2.45, 2.75) is 96.2 Å². The van der Waals surface area contributed by atoms with Crippen molar-refractivity contribution in [3.05, 3.63) is 136 Å². The first-order valence-electron chi connectivity index (χ1n) is 21.0. The van der Waals surface area contributed by atoms with Gasteiger partial charge in [-0.2, -0.15) is 0 Å². The maximum absolute atomic E-state index is 14.3. The van der Waals surface area contributed by atoms with Gasteiger partial charge in [-0.15, -0.1) is 11.3 Å². The number of nitrogens with one attached hydrogen (secondary N) is 4. The highest BCUT2D eigenvalue weighted by Gasteiger charge is 2.32. The molecular formula is C48H57N5O6S. The Labute approximate surface area is 356 Å². The van der Waals surface area contributed by atoms with Crippen molar-refractivity contribution >= 4 is 51.6 Å². The van der Waals surface area contributed by atoms with E-state index in [4.69, 9.17) is 4.74 Å². The number of anilines is 1. The second-order valence-corrected chi connectivity index (χ2v) is 17.1. The van der Waals surface area contributed by atoms with Crippen LogP contribution in [-0.4, -0.2) is 71.1 Å². The summed E-state index contributed by atoms with van der Waals surface area (Å²) in [6.07, 6.45) is 2.20. The zero-order valence-corrected chi connectivity index (χ0v) is 35.3. The smallest absolute Gasteiger partial charge is 0.408 e. The lowest BCUT2D eigenvalue weighted by Crippen LogP contribution is -2.57. The van der Waals surface area contributed by atoms with E-state index < -0.39 is 42.1 Å². The normalized spacial score (nSPS) is 15.1. The van der Waals surface area contributed by atoms with Gasteiger partial charge in [0.1, 0.15) is 18.7 Å². The van der Waals surface area contributed by atoms with Crippen LogP contribution in [0.3, 0.4) is 0 Å². The van der Waals surface area contributed by atoms with Crippen LogP contribution in [0.4, 0.5) is 10.5 Å². The van der Waals surface area contributed by atoms with E-state index in [-0.39, 0.29) is 37.7 Å². The number of hydrogen-bond acceptors (Lipinski definition) is 8. The number of carbonyl (C=O) groups is 4. The fourth-order valence-corrected chi connectivity index (χ4v) is 8.39. The molecule has 4 atom stereocenters. The number of amides is 4. The van der Waals surface area contributed by atoms with Crippen LogP contribution in [-0.2, 0) is 45.1 Å². The lowest BCUT2D eigenvalue weighted by atomic mass is 9.96. The van der Waals surface area contributed by atoms with Gasteiger partial charge in [-0.05, 0) is 89.3 Å². The lowest BCUT2D eigenvalue weighted by Gasteiger charge is -2.29. The summed E-state index contributed by atoms with van der Waals surface area (Å²) < 4.78 is 5.52. The number of alkyl carbamates (subject to hydrolysis) is 1. The van der Waals surface area contributed by atoms with E-state index in [0.717, 1.165) is 46.4 Å². The molecule has 4 amide bonds. The Morgan fingerprint density at radius 3 is 2.17 bits per heavy atom. The number of carbonyl (C=O) groups excluding carboxylic acids is 4. The Bertz CT molecular complexity index is 2130. The number of likely N-dealkylation sites (tertiary alicyclic amines) is 1. The summed E-state index contributed by atoms with van der Waals surface area (Å²) in [6, 6.07) is 31.4. The zero-order valence-electron chi connectivity index (χ0n) is 34.5. The van der Waals surface area contributed by atoms with Crippen LogP contribution in [0.1, 0.15) is 67.5 Å². The quantitative estimate of drug-likeness (QED) is 0.0584. The molecule has 5 aromatic rings. The number of hydrogen-bond donors (Lipinski definition) is 5. The van der Waals surface area contributed by atoms with Gasteiger partial charge in [-0.3, -0.25) is 19.3 Å². The van der Waals surface area contributed by atoms with Crippen molar-refractivity contribution in [1.82, 2.24) is 20.9 Å². The minimum atomic E-state index is -1.20. The van der Waals surface area contributed by atoms with Crippen LogP contribution in [0, 0.1) is 5.92 Å². The summed E-state index contributed by atoms with van der Waals surface area (Å²) in [5.74, 6) is -1.39. The SMILES string of the molecule is CC(C)C[C@H](NC(=O)C(Cc1cccs1)NC(=O)[C@H](Cc1cccc2ccccc12)NC(=O)OCc1ccccc1)[C@@H](O)CC(=O)Nc1ccc(CN2CCCCC2)cc1. The number of piperidine rings is 1. The Morgan fingerprint density at radius 2 is 1.43 bits per heavy atom. The van der Waals surface area contributed by atoms with Crippen molar-refractivity contribution in [3.8, 4) is 0 Å². The van der Waals surface area contributed by atoms with E-state index in [1.807, 2.05) is 128 Å². The second kappa shape index (κ2) is 22.2. The molecule has 1 fully saturated rings. The molecule has 2 heterocycles. The van der Waals surface area contributed by atoms with E-state index in [1.165, 1.54) is 36.2 Å². The average molecular weight is 832 g/mol. The molecule has 5 N–H and O–H groups in total. The largest absolute Gasteiger partial charge is 0.445 e. The van der Waals surface area contributed by atoms with E-state index >= 15 is 0 Å². The van der Waals surface area contributed by atoms with Crippen LogP contribution in [0.5, 0.6) is 0 Å². The van der Waals surface area contributed by atoms with Crippen LogP contribution in [0.2, 0.25) is 0 Å². The third-order valence-electron chi connectivity index (χ3n) is 10.7. The van der Waals surface area contributed by atoms with Gasteiger partial charge in [0.25, 0.3) is 0 Å². The summed E-state index contributed by atoms with van der Waals surface area (Å²) in [4.78, 5) is 58.3. The number of benzene rings is 4. The summed E-state index contributed by atoms with van der Waals surface area (Å²) in [7, 11) is 0. The highest BCUT2D eigenvalue weighted by atomic mass is 32.1. The first kappa shape index (κ1) is 44.0. The van der Waals surface area contributed by atoms with E-state index in [0.29, 0.717) is 12.1 Å². The Kier molecular flexibility index (Phi) is 16.3. The van der Waals surface area contributed by atoms with E-state index in [1.54, 1.807) is 0 Å². The molecule has 1 aliphatic heterocycles. The molecule has 4 aromatic carbocycles. The van der Waals surface area contributed by atoms with Crippen LogP contribution < -0.4 is 21.3 Å². The third-order valence-corrected chi connectivity index (χ3v) is 11.6. The van der Waals surface area contributed by atoms with Gasteiger partial charge in [-0.25, -0.2) is 4.79 Å². The van der Waals surface area contributed by atoms with Crippen molar-refractivity contribution < 1.29 is 29.0 Å². The molecule has 0 aliphatic carbocycles. The van der Waals surface area contributed by atoms with Gasteiger partial charge in [0.2, 0.25) is 17.7 Å². The van der Waals surface area contributed by atoms with Crippen LogP contribution in [0.25, 0.3) is 10.8 Å². The minimum Gasteiger partial charge on any atom is -0.445 e. The Hall–Kier alpha value is -5.56. The number of aliphatic hydroxyl groups excluding tert-OH is 1. The molecule has 0 radical (unpaired) electrons. The fourth-order valence-electron chi connectivity index (χ4n) is 7.64. The first-order chi connectivity index (χ1) is 29.1. The highest BCUT2D eigenvalue weighted by Crippen LogP contribution is 2.22. The van der Waals surface area contributed by atoms with Gasteiger partial charge < -0.3 is 31.1 Å². The lowest BCUT2D eigenvalue weighted by molar-refractivity contribution is -0.131. The van der Waals surface area contributed by atoms with Gasteiger partial charge in [-0.1, -0.05) is 111 Å². The predicted molar refractivity (Wildman–Crippen MR) is 237 cm³/mol.